The van der Waals surface area contributed by atoms with Crippen molar-refractivity contribution in [3.05, 3.63) is 63.7 Å². The Morgan fingerprint density at radius 2 is 1.79 bits per heavy atom. The summed E-state index contributed by atoms with van der Waals surface area (Å²) in [6, 6.07) is 8.30. The predicted molar refractivity (Wildman–Crippen MR) is 78.9 cm³/mol. The second-order valence-corrected chi connectivity index (χ2v) is 4.78. The van der Waals surface area contributed by atoms with Crippen LogP contribution in [0, 0.1) is 17.0 Å². The van der Waals surface area contributed by atoms with E-state index in [1.165, 1.54) is 18.2 Å². The fraction of sp³-hybridized carbons (Fsp3) is 0.133. The number of nitrogens with one attached hydrogen (secondary N) is 1. The highest BCUT2D eigenvalue weighted by Gasteiger charge is 2.31. The number of carbonyl (C=O) groups is 1. The van der Waals surface area contributed by atoms with E-state index in [0.29, 0.717) is 5.56 Å². The fourth-order valence-electron chi connectivity index (χ4n) is 1.86. The van der Waals surface area contributed by atoms with Crippen molar-refractivity contribution in [1.82, 2.24) is 0 Å². The molecule has 0 aliphatic heterocycles. The van der Waals surface area contributed by atoms with Gasteiger partial charge in [0.15, 0.2) is 0 Å². The highest BCUT2D eigenvalue weighted by atomic mass is 19.4. The normalized spacial score (nSPS) is 11.0. The molecule has 0 bridgehead atoms. The molecule has 0 radical (unpaired) electrons. The Kier molecular flexibility index (Phi) is 4.72. The fourth-order valence-corrected chi connectivity index (χ4v) is 1.86. The van der Waals surface area contributed by atoms with E-state index in [0.717, 1.165) is 24.3 Å². The molecule has 1 N–H and O–H groups in total. The van der Waals surface area contributed by atoms with Crippen molar-refractivity contribution >= 4 is 17.3 Å². The number of non-ortho nitro benzene ring substituents is 1. The Morgan fingerprint density at radius 3 is 2.33 bits per heavy atom. The van der Waals surface area contributed by atoms with Gasteiger partial charge in [0.2, 0.25) is 0 Å². The molecular weight excluding hydrogens is 329 g/mol. The molecule has 0 saturated heterocycles. The summed E-state index contributed by atoms with van der Waals surface area (Å²) < 4.78 is 39.9. The summed E-state index contributed by atoms with van der Waals surface area (Å²) in [4.78, 5) is 22.3. The van der Waals surface area contributed by atoms with Gasteiger partial charge in [0.1, 0.15) is 5.75 Å². The Labute approximate surface area is 134 Å². The highest BCUT2D eigenvalue weighted by molar-refractivity contribution is 6.04. The van der Waals surface area contributed by atoms with Gasteiger partial charge in [-0.1, -0.05) is 6.07 Å². The molecule has 0 heterocycles. The number of hydrogen-bond acceptors (Lipinski definition) is 4. The van der Waals surface area contributed by atoms with Crippen LogP contribution in [0.3, 0.4) is 0 Å². The summed E-state index contributed by atoms with van der Waals surface area (Å²) in [5.74, 6) is -1.07. The first-order valence-corrected chi connectivity index (χ1v) is 6.58. The van der Waals surface area contributed by atoms with Crippen molar-refractivity contribution in [2.45, 2.75) is 13.3 Å². The lowest BCUT2D eigenvalue weighted by molar-refractivity contribution is -0.384. The smallest absolute Gasteiger partial charge is 0.406 e. The van der Waals surface area contributed by atoms with Crippen LogP contribution in [-0.2, 0) is 0 Å². The number of nitrogens with zero attached hydrogens (tertiary/aromatic N) is 1. The van der Waals surface area contributed by atoms with Crippen molar-refractivity contribution in [2.24, 2.45) is 0 Å². The third kappa shape index (κ3) is 4.45. The lowest BCUT2D eigenvalue weighted by Crippen LogP contribution is -2.17. The number of amides is 1. The van der Waals surface area contributed by atoms with E-state index in [2.05, 4.69) is 10.1 Å². The third-order valence-corrected chi connectivity index (χ3v) is 3.03. The molecule has 0 aliphatic carbocycles. The number of hydrogen-bond donors (Lipinski definition) is 1. The quantitative estimate of drug-likeness (QED) is 0.672. The Bertz CT molecular complexity index is 773. The zero-order chi connectivity index (χ0) is 17.9. The van der Waals surface area contributed by atoms with Crippen LogP contribution >= 0.6 is 0 Å². The average Bonchev–Trinajstić information content (AvgIpc) is 2.48. The van der Waals surface area contributed by atoms with Gasteiger partial charge in [-0.15, -0.1) is 13.2 Å². The molecule has 1 amide bonds. The maximum atomic E-state index is 12.1. The van der Waals surface area contributed by atoms with Gasteiger partial charge in [-0.05, 0) is 36.8 Å². The predicted octanol–water partition coefficient (Wildman–Crippen LogP) is 4.05. The van der Waals surface area contributed by atoms with E-state index in [1.54, 1.807) is 6.92 Å². The van der Waals surface area contributed by atoms with Gasteiger partial charge < -0.3 is 10.1 Å². The first kappa shape index (κ1) is 17.3. The van der Waals surface area contributed by atoms with Crippen LogP contribution in [0.25, 0.3) is 0 Å². The van der Waals surface area contributed by atoms with E-state index < -0.39 is 22.9 Å². The Hall–Kier alpha value is -3.10. The average molecular weight is 340 g/mol. The van der Waals surface area contributed by atoms with Gasteiger partial charge in [-0.2, -0.15) is 0 Å². The molecule has 126 valence electrons. The number of aryl methyl sites for hydroxylation is 1. The van der Waals surface area contributed by atoms with Crippen LogP contribution < -0.4 is 10.1 Å². The van der Waals surface area contributed by atoms with Crippen LogP contribution in [0.5, 0.6) is 5.75 Å². The highest BCUT2D eigenvalue weighted by Crippen LogP contribution is 2.24. The minimum atomic E-state index is -4.82. The second-order valence-electron chi connectivity index (χ2n) is 4.78. The van der Waals surface area contributed by atoms with E-state index in [1.807, 2.05) is 0 Å². The van der Waals surface area contributed by atoms with E-state index >= 15 is 0 Å². The van der Waals surface area contributed by atoms with Gasteiger partial charge in [0.05, 0.1) is 10.6 Å². The first-order valence-electron chi connectivity index (χ1n) is 6.58. The molecular formula is C15H11F3N2O4. The number of nitro benzene ring substituents is 1. The van der Waals surface area contributed by atoms with Gasteiger partial charge in [-0.3, -0.25) is 14.9 Å². The number of halogens is 3. The summed E-state index contributed by atoms with van der Waals surface area (Å²) in [5, 5.41) is 13.2. The van der Waals surface area contributed by atoms with E-state index in [9.17, 15) is 28.1 Å². The number of anilines is 1. The Morgan fingerprint density at radius 1 is 1.17 bits per heavy atom. The van der Waals surface area contributed by atoms with Crippen LogP contribution in [-0.4, -0.2) is 17.2 Å². The van der Waals surface area contributed by atoms with Crippen molar-refractivity contribution in [3.8, 4) is 5.75 Å². The summed E-state index contributed by atoms with van der Waals surface area (Å²) in [6.45, 7) is 1.65. The van der Waals surface area contributed by atoms with Gasteiger partial charge in [-0.25, -0.2) is 0 Å². The molecule has 0 spiro atoms. The molecule has 2 aromatic carbocycles. The molecule has 0 unspecified atom stereocenters. The van der Waals surface area contributed by atoms with Crippen LogP contribution in [0.15, 0.2) is 42.5 Å². The zero-order valence-corrected chi connectivity index (χ0v) is 12.3. The molecule has 0 aromatic heterocycles. The third-order valence-electron chi connectivity index (χ3n) is 3.03. The second kappa shape index (κ2) is 6.57. The maximum Gasteiger partial charge on any atom is 0.573 e. The zero-order valence-electron chi connectivity index (χ0n) is 12.3. The first-order chi connectivity index (χ1) is 11.2. The van der Waals surface area contributed by atoms with Crippen molar-refractivity contribution in [3.63, 3.8) is 0 Å². The molecule has 2 rings (SSSR count). The molecule has 0 fully saturated rings. The van der Waals surface area contributed by atoms with Crippen LogP contribution in [0.1, 0.15) is 15.9 Å². The van der Waals surface area contributed by atoms with Crippen molar-refractivity contribution in [1.29, 1.82) is 0 Å². The molecule has 9 heteroatoms. The van der Waals surface area contributed by atoms with Gasteiger partial charge >= 0.3 is 6.36 Å². The number of alkyl halides is 3. The van der Waals surface area contributed by atoms with Crippen LogP contribution in [0.2, 0.25) is 0 Å². The van der Waals surface area contributed by atoms with Crippen LogP contribution in [0.4, 0.5) is 24.5 Å². The molecule has 0 atom stereocenters. The minimum Gasteiger partial charge on any atom is -0.406 e. The molecule has 0 aliphatic rings. The summed E-state index contributed by atoms with van der Waals surface area (Å²) in [5.41, 5.74) is 0.732. The molecule has 0 saturated carbocycles. The number of nitro groups is 1. The SMILES string of the molecule is Cc1ccc([N+](=O)[O-])cc1NC(=O)c1ccc(OC(F)(F)F)cc1. The number of ether oxygens (including phenoxy) is 1. The monoisotopic (exact) mass is 340 g/mol. The number of rotatable bonds is 4. The summed E-state index contributed by atoms with van der Waals surface area (Å²) in [6.07, 6.45) is -4.82. The lowest BCUT2D eigenvalue weighted by Gasteiger charge is -2.10. The maximum absolute atomic E-state index is 12.1. The summed E-state index contributed by atoms with van der Waals surface area (Å²) >= 11 is 0. The molecule has 24 heavy (non-hydrogen) atoms. The van der Waals surface area contributed by atoms with Crippen molar-refractivity contribution < 1.29 is 27.6 Å². The molecule has 2 aromatic rings. The topological polar surface area (TPSA) is 81.5 Å². The number of carbonyl (C=O) groups excluding carboxylic acids is 1. The lowest BCUT2D eigenvalue weighted by atomic mass is 10.1. The minimum absolute atomic E-state index is 0.0791. The summed E-state index contributed by atoms with van der Waals surface area (Å²) in [7, 11) is 0. The van der Waals surface area contributed by atoms with E-state index in [-0.39, 0.29) is 16.9 Å². The van der Waals surface area contributed by atoms with E-state index in [4.69, 9.17) is 0 Å². The van der Waals surface area contributed by atoms with Gasteiger partial charge in [0, 0.05) is 17.7 Å². The Balaban J connectivity index is 2.15. The number of benzene rings is 2. The largest absolute Gasteiger partial charge is 0.573 e. The standard InChI is InChI=1S/C15H11F3N2O4/c1-9-2-5-11(20(22)23)8-13(9)19-14(21)10-3-6-12(7-4-10)24-15(16,17)18/h2-8H,1H3,(H,19,21). The van der Waals surface area contributed by atoms with Crippen molar-refractivity contribution in [2.75, 3.05) is 5.32 Å². The molecule has 6 nitrogen and oxygen atoms in total. The van der Waals surface area contributed by atoms with Gasteiger partial charge in [0.25, 0.3) is 11.6 Å².